The van der Waals surface area contributed by atoms with E-state index in [4.69, 9.17) is 0 Å². The SMILES string of the molecule is Cc1ccc([C@@H]2CC(c3ccc(Br)cc3)=NN2S(=O)(=O)c2ccc(C)cc2)cc1. The number of rotatable bonds is 4. The van der Waals surface area contributed by atoms with Crippen LogP contribution in [0.15, 0.2) is 87.3 Å². The van der Waals surface area contributed by atoms with Crippen molar-refractivity contribution >= 4 is 31.7 Å². The van der Waals surface area contributed by atoms with Crippen LogP contribution in [0.25, 0.3) is 0 Å². The summed E-state index contributed by atoms with van der Waals surface area (Å²) in [7, 11) is -3.78. The molecule has 0 saturated carbocycles. The summed E-state index contributed by atoms with van der Waals surface area (Å²) >= 11 is 3.44. The molecule has 148 valence electrons. The Bertz CT molecular complexity index is 1150. The normalized spacial score (nSPS) is 16.7. The monoisotopic (exact) mass is 468 g/mol. The standard InChI is InChI=1S/C23H21BrN2O2S/c1-16-3-7-19(8-4-16)23-15-22(18-9-11-20(24)12-10-18)25-26(23)29(27,28)21-13-5-17(2)6-14-21/h3-14,23H,15H2,1-2H3/t23-/m0/s1. The Kier molecular flexibility index (Phi) is 5.32. The average Bonchev–Trinajstić information content (AvgIpc) is 3.16. The highest BCUT2D eigenvalue weighted by molar-refractivity contribution is 9.10. The highest BCUT2D eigenvalue weighted by Gasteiger charge is 2.37. The molecule has 0 aromatic heterocycles. The first-order chi connectivity index (χ1) is 13.8. The van der Waals surface area contributed by atoms with Gasteiger partial charge in [-0.3, -0.25) is 0 Å². The van der Waals surface area contributed by atoms with Gasteiger partial charge in [-0.15, -0.1) is 0 Å². The van der Waals surface area contributed by atoms with Crippen LogP contribution in [0.5, 0.6) is 0 Å². The van der Waals surface area contributed by atoms with Crippen LogP contribution < -0.4 is 0 Å². The second kappa shape index (κ2) is 7.76. The molecule has 0 saturated heterocycles. The topological polar surface area (TPSA) is 49.7 Å². The first kappa shape index (κ1) is 19.9. The highest BCUT2D eigenvalue weighted by Crippen LogP contribution is 2.37. The van der Waals surface area contributed by atoms with E-state index in [2.05, 4.69) is 21.0 Å². The summed E-state index contributed by atoms with van der Waals surface area (Å²) in [5, 5.41) is 4.59. The van der Waals surface area contributed by atoms with Crippen molar-refractivity contribution in [2.45, 2.75) is 31.2 Å². The lowest BCUT2D eigenvalue weighted by Crippen LogP contribution is -2.27. The van der Waals surface area contributed by atoms with Crippen LogP contribution >= 0.6 is 15.9 Å². The zero-order valence-electron chi connectivity index (χ0n) is 16.2. The Morgan fingerprint density at radius 2 is 1.41 bits per heavy atom. The number of hydrazone groups is 1. The van der Waals surface area contributed by atoms with Crippen molar-refractivity contribution in [1.82, 2.24) is 4.41 Å². The number of hydrogen-bond acceptors (Lipinski definition) is 3. The Balaban J connectivity index is 1.79. The maximum Gasteiger partial charge on any atom is 0.279 e. The fourth-order valence-corrected chi connectivity index (χ4v) is 5.08. The van der Waals surface area contributed by atoms with Crippen molar-refractivity contribution in [1.29, 1.82) is 0 Å². The molecule has 0 spiro atoms. The summed E-state index contributed by atoms with van der Waals surface area (Å²) in [5.74, 6) is 0. The summed E-state index contributed by atoms with van der Waals surface area (Å²) in [6, 6.07) is 22.3. The van der Waals surface area contributed by atoms with Crippen LogP contribution in [0.4, 0.5) is 0 Å². The number of nitrogens with zero attached hydrogens (tertiary/aromatic N) is 2. The van der Waals surface area contributed by atoms with Crippen LogP contribution in [-0.2, 0) is 10.0 Å². The third-order valence-corrected chi connectivity index (χ3v) is 7.30. The molecule has 0 aliphatic carbocycles. The van der Waals surface area contributed by atoms with E-state index in [9.17, 15) is 8.42 Å². The summed E-state index contributed by atoms with van der Waals surface area (Å²) in [6.07, 6.45) is 0.524. The maximum atomic E-state index is 13.4. The molecule has 0 amide bonds. The van der Waals surface area contributed by atoms with Crippen molar-refractivity contribution in [2.75, 3.05) is 0 Å². The van der Waals surface area contributed by atoms with Crippen LogP contribution in [0.2, 0.25) is 0 Å². The van der Waals surface area contributed by atoms with E-state index in [1.54, 1.807) is 12.1 Å². The third-order valence-electron chi connectivity index (χ3n) is 5.08. The molecule has 1 atom stereocenters. The molecular formula is C23H21BrN2O2S. The molecule has 3 aromatic carbocycles. The van der Waals surface area contributed by atoms with Crippen molar-refractivity contribution < 1.29 is 8.42 Å². The lowest BCUT2D eigenvalue weighted by molar-refractivity contribution is 0.371. The third kappa shape index (κ3) is 4.00. The smallest absolute Gasteiger partial charge is 0.200 e. The first-order valence-electron chi connectivity index (χ1n) is 9.36. The minimum absolute atomic E-state index is 0.251. The minimum Gasteiger partial charge on any atom is -0.200 e. The molecule has 0 fully saturated rings. The van der Waals surface area contributed by atoms with Gasteiger partial charge in [0.25, 0.3) is 10.0 Å². The van der Waals surface area contributed by atoms with E-state index in [1.165, 1.54) is 4.41 Å². The number of hydrogen-bond donors (Lipinski definition) is 0. The van der Waals surface area contributed by atoms with Gasteiger partial charge in [0.05, 0.1) is 16.6 Å². The number of halogens is 1. The van der Waals surface area contributed by atoms with Crippen LogP contribution in [-0.4, -0.2) is 18.5 Å². The van der Waals surface area contributed by atoms with Gasteiger partial charge in [-0.05, 0) is 49.2 Å². The Hall–Kier alpha value is -2.44. The van der Waals surface area contributed by atoms with E-state index in [1.807, 2.05) is 74.5 Å². The highest BCUT2D eigenvalue weighted by atomic mass is 79.9. The molecule has 4 rings (SSSR count). The quantitative estimate of drug-likeness (QED) is 0.499. The van der Waals surface area contributed by atoms with Crippen molar-refractivity contribution in [2.24, 2.45) is 5.10 Å². The van der Waals surface area contributed by atoms with Gasteiger partial charge >= 0.3 is 0 Å². The van der Waals surface area contributed by atoms with Gasteiger partial charge in [-0.1, -0.05) is 75.6 Å². The number of aryl methyl sites for hydroxylation is 2. The molecular weight excluding hydrogens is 448 g/mol. The number of sulfonamides is 1. The summed E-state index contributed by atoms with van der Waals surface area (Å²) < 4.78 is 29.1. The van der Waals surface area contributed by atoms with Crippen molar-refractivity contribution in [3.63, 3.8) is 0 Å². The second-order valence-electron chi connectivity index (χ2n) is 7.27. The van der Waals surface area contributed by atoms with Crippen LogP contribution in [0.3, 0.4) is 0 Å². The largest absolute Gasteiger partial charge is 0.279 e. The van der Waals surface area contributed by atoms with Crippen LogP contribution in [0.1, 0.15) is 34.7 Å². The van der Waals surface area contributed by atoms with Gasteiger partial charge < -0.3 is 0 Å². The predicted molar refractivity (Wildman–Crippen MR) is 119 cm³/mol. The van der Waals surface area contributed by atoms with E-state index in [-0.39, 0.29) is 10.9 Å². The Morgan fingerprint density at radius 1 is 0.862 bits per heavy atom. The van der Waals surface area contributed by atoms with E-state index in [0.29, 0.717) is 6.42 Å². The Labute approximate surface area is 180 Å². The van der Waals surface area contributed by atoms with Gasteiger partial charge in [0, 0.05) is 10.9 Å². The van der Waals surface area contributed by atoms with Gasteiger partial charge in [-0.25, -0.2) is 0 Å². The Morgan fingerprint density at radius 3 is 2.00 bits per heavy atom. The zero-order chi connectivity index (χ0) is 20.6. The fraction of sp³-hybridized carbons (Fsp3) is 0.174. The molecule has 0 N–H and O–H groups in total. The second-order valence-corrected chi connectivity index (χ2v) is 9.99. The minimum atomic E-state index is -3.78. The lowest BCUT2D eigenvalue weighted by atomic mass is 9.98. The number of benzene rings is 3. The predicted octanol–water partition coefficient (Wildman–Crippen LogP) is 5.61. The van der Waals surface area contributed by atoms with E-state index in [0.717, 1.165) is 32.4 Å². The molecule has 0 bridgehead atoms. The molecule has 0 unspecified atom stereocenters. The van der Waals surface area contributed by atoms with Gasteiger partial charge in [0.2, 0.25) is 0 Å². The van der Waals surface area contributed by atoms with E-state index >= 15 is 0 Å². The molecule has 1 aliphatic heterocycles. The fourth-order valence-electron chi connectivity index (χ4n) is 3.38. The summed E-state index contributed by atoms with van der Waals surface area (Å²) in [4.78, 5) is 0.251. The van der Waals surface area contributed by atoms with Gasteiger partial charge in [0.1, 0.15) is 0 Å². The van der Waals surface area contributed by atoms with Crippen LogP contribution in [0, 0.1) is 13.8 Å². The molecule has 1 aliphatic rings. The van der Waals surface area contributed by atoms with Gasteiger partial charge in [0.15, 0.2) is 0 Å². The molecule has 3 aromatic rings. The molecule has 4 nitrogen and oxygen atoms in total. The first-order valence-corrected chi connectivity index (χ1v) is 11.6. The molecule has 1 heterocycles. The maximum absolute atomic E-state index is 13.4. The zero-order valence-corrected chi connectivity index (χ0v) is 18.6. The van der Waals surface area contributed by atoms with Gasteiger partial charge in [-0.2, -0.15) is 17.9 Å². The lowest BCUT2D eigenvalue weighted by Gasteiger charge is -2.23. The molecule has 29 heavy (non-hydrogen) atoms. The molecule has 0 radical (unpaired) electrons. The average molecular weight is 469 g/mol. The van der Waals surface area contributed by atoms with Crippen molar-refractivity contribution in [3.8, 4) is 0 Å². The van der Waals surface area contributed by atoms with Crippen molar-refractivity contribution in [3.05, 3.63) is 99.5 Å². The summed E-state index contributed by atoms with van der Waals surface area (Å²) in [5.41, 5.74) is 4.76. The van der Waals surface area contributed by atoms with E-state index < -0.39 is 10.0 Å². The summed E-state index contributed by atoms with van der Waals surface area (Å²) in [6.45, 7) is 3.95. The molecule has 6 heteroatoms.